The highest BCUT2D eigenvalue weighted by molar-refractivity contribution is 5.99. The smallest absolute Gasteiger partial charge is 0.323 e. The second-order valence-electron chi connectivity index (χ2n) is 5.85. The van der Waals surface area contributed by atoms with Crippen molar-refractivity contribution in [2.45, 2.75) is 77.6 Å². The maximum Gasteiger partial charge on any atom is 0.323 e. The number of carboxylic acids is 1. The van der Waals surface area contributed by atoms with Crippen LogP contribution in [-0.2, 0) is 14.3 Å². The fraction of sp³-hybridized carbons (Fsp3) is 0.875. The Bertz CT molecular complexity index is 306. The van der Waals surface area contributed by atoms with Gasteiger partial charge in [-0.1, -0.05) is 58.3 Å². The molecular formula is C16H28O4. The number of aliphatic carboxylic acids is 1. The lowest BCUT2D eigenvalue weighted by atomic mass is 9.74. The van der Waals surface area contributed by atoms with Crippen LogP contribution in [0.4, 0.5) is 0 Å². The highest BCUT2D eigenvalue weighted by Crippen LogP contribution is 2.37. The summed E-state index contributed by atoms with van der Waals surface area (Å²) in [4.78, 5) is 23.5. The first kappa shape index (κ1) is 17.0. The van der Waals surface area contributed by atoms with Gasteiger partial charge in [0.05, 0.1) is 6.61 Å². The lowest BCUT2D eigenvalue weighted by Gasteiger charge is -2.30. The lowest BCUT2D eigenvalue weighted by Crippen LogP contribution is -2.42. The molecule has 0 bridgehead atoms. The first-order valence-corrected chi connectivity index (χ1v) is 8.04. The first-order valence-electron chi connectivity index (χ1n) is 8.04. The van der Waals surface area contributed by atoms with Crippen molar-refractivity contribution in [3.8, 4) is 0 Å². The van der Waals surface area contributed by atoms with Gasteiger partial charge in [-0.3, -0.25) is 9.59 Å². The number of carbonyl (C=O) groups excluding carboxylic acids is 1. The quantitative estimate of drug-likeness (QED) is 0.396. The zero-order valence-electron chi connectivity index (χ0n) is 12.7. The van der Waals surface area contributed by atoms with E-state index in [2.05, 4.69) is 6.92 Å². The zero-order chi connectivity index (χ0) is 14.8. The summed E-state index contributed by atoms with van der Waals surface area (Å²) >= 11 is 0. The Morgan fingerprint density at radius 3 is 2.20 bits per heavy atom. The van der Waals surface area contributed by atoms with Crippen molar-refractivity contribution in [1.82, 2.24) is 0 Å². The van der Waals surface area contributed by atoms with Gasteiger partial charge in [-0.2, -0.15) is 0 Å². The second kappa shape index (κ2) is 8.98. The summed E-state index contributed by atoms with van der Waals surface area (Å²) < 4.78 is 5.23. The molecule has 0 heterocycles. The van der Waals surface area contributed by atoms with E-state index in [-0.39, 0.29) is 0 Å². The Labute approximate surface area is 121 Å². The van der Waals surface area contributed by atoms with Crippen molar-refractivity contribution in [2.24, 2.45) is 5.41 Å². The molecule has 0 radical (unpaired) electrons. The van der Waals surface area contributed by atoms with Crippen LogP contribution in [-0.4, -0.2) is 23.7 Å². The summed E-state index contributed by atoms with van der Waals surface area (Å²) in [5.41, 5.74) is -1.26. The molecule has 0 saturated heterocycles. The number of rotatable bonds is 9. The number of carboxylic acid groups (broad SMARTS) is 1. The third-order valence-electron chi connectivity index (χ3n) is 4.24. The Hall–Kier alpha value is -1.06. The van der Waals surface area contributed by atoms with Crippen LogP contribution in [0.15, 0.2) is 0 Å². The molecule has 0 aromatic rings. The Kier molecular flexibility index (Phi) is 7.63. The van der Waals surface area contributed by atoms with Gasteiger partial charge in [-0.25, -0.2) is 0 Å². The maximum atomic E-state index is 12.1. The van der Waals surface area contributed by atoms with E-state index in [1.165, 1.54) is 19.3 Å². The summed E-state index contributed by atoms with van der Waals surface area (Å²) in [5, 5.41) is 9.36. The van der Waals surface area contributed by atoms with Gasteiger partial charge in [0.1, 0.15) is 0 Å². The van der Waals surface area contributed by atoms with Gasteiger partial charge in [0, 0.05) is 0 Å². The lowest BCUT2D eigenvalue weighted by molar-refractivity contribution is -0.171. The number of carbonyl (C=O) groups is 2. The number of hydrogen-bond donors (Lipinski definition) is 1. The summed E-state index contributed by atoms with van der Waals surface area (Å²) in [6.07, 6.45) is 10.2. The maximum absolute atomic E-state index is 12.1. The third kappa shape index (κ3) is 4.80. The number of hydrogen-bond acceptors (Lipinski definition) is 3. The van der Waals surface area contributed by atoms with Gasteiger partial charge in [0.2, 0.25) is 0 Å². The summed E-state index contributed by atoms with van der Waals surface area (Å²) in [6, 6.07) is 0. The topological polar surface area (TPSA) is 63.6 Å². The average molecular weight is 284 g/mol. The molecule has 1 N–H and O–H groups in total. The van der Waals surface area contributed by atoms with Crippen molar-refractivity contribution in [3.63, 3.8) is 0 Å². The Morgan fingerprint density at radius 1 is 1.00 bits per heavy atom. The normalized spacial score (nSPS) is 17.6. The Morgan fingerprint density at radius 2 is 1.60 bits per heavy atom. The van der Waals surface area contributed by atoms with E-state index in [4.69, 9.17) is 4.74 Å². The molecule has 1 saturated carbocycles. The van der Waals surface area contributed by atoms with Gasteiger partial charge in [0.15, 0.2) is 5.41 Å². The van der Waals surface area contributed by atoms with Crippen LogP contribution in [0.3, 0.4) is 0 Å². The summed E-state index contributed by atoms with van der Waals surface area (Å²) in [6.45, 7) is 2.54. The molecule has 4 heteroatoms. The molecule has 0 atom stereocenters. The van der Waals surface area contributed by atoms with E-state index in [9.17, 15) is 14.7 Å². The highest BCUT2D eigenvalue weighted by atomic mass is 16.5. The van der Waals surface area contributed by atoms with Crippen molar-refractivity contribution in [2.75, 3.05) is 6.61 Å². The molecule has 0 amide bonds. The monoisotopic (exact) mass is 284 g/mol. The van der Waals surface area contributed by atoms with E-state index in [0.717, 1.165) is 38.5 Å². The van der Waals surface area contributed by atoms with Crippen molar-refractivity contribution in [3.05, 3.63) is 0 Å². The number of unbranched alkanes of at least 4 members (excludes halogenated alkanes) is 5. The minimum atomic E-state index is -1.26. The van der Waals surface area contributed by atoms with E-state index in [1.54, 1.807) is 0 Å². The second-order valence-corrected chi connectivity index (χ2v) is 5.85. The SMILES string of the molecule is CCCCCCCCOC(=O)C1(C(=O)O)CCCCC1. The van der Waals surface area contributed by atoms with Gasteiger partial charge in [-0.05, 0) is 19.3 Å². The number of esters is 1. The van der Waals surface area contributed by atoms with Crippen LogP contribution in [0.5, 0.6) is 0 Å². The van der Waals surface area contributed by atoms with Crippen LogP contribution >= 0.6 is 0 Å². The highest BCUT2D eigenvalue weighted by Gasteiger charge is 2.48. The van der Waals surface area contributed by atoms with Crippen LogP contribution in [0, 0.1) is 5.41 Å². The molecule has 0 aliphatic heterocycles. The molecule has 0 aromatic carbocycles. The molecule has 1 rings (SSSR count). The van der Waals surface area contributed by atoms with Crippen LogP contribution in [0.25, 0.3) is 0 Å². The van der Waals surface area contributed by atoms with Gasteiger partial charge < -0.3 is 9.84 Å². The molecule has 116 valence electrons. The van der Waals surface area contributed by atoms with E-state index >= 15 is 0 Å². The van der Waals surface area contributed by atoms with E-state index < -0.39 is 17.4 Å². The third-order valence-corrected chi connectivity index (χ3v) is 4.24. The largest absolute Gasteiger partial charge is 0.480 e. The van der Waals surface area contributed by atoms with E-state index in [0.29, 0.717) is 19.4 Å². The molecule has 20 heavy (non-hydrogen) atoms. The Balaban J connectivity index is 2.27. The fourth-order valence-electron chi connectivity index (χ4n) is 2.85. The van der Waals surface area contributed by atoms with Crippen LogP contribution in [0.2, 0.25) is 0 Å². The summed E-state index contributed by atoms with van der Waals surface area (Å²) in [7, 11) is 0. The van der Waals surface area contributed by atoms with Crippen LogP contribution < -0.4 is 0 Å². The predicted molar refractivity (Wildman–Crippen MR) is 77.5 cm³/mol. The minimum absolute atomic E-state index is 0.361. The molecule has 1 aliphatic rings. The minimum Gasteiger partial charge on any atom is -0.480 e. The van der Waals surface area contributed by atoms with Crippen molar-refractivity contribution in [1.29, 1.82) is 0 Å². The molecular weight excluding hydrogens is 256 g/mol. The molecule has 0 unspecified atom stereocenters. The van der Waals surface area contributed by atoms with Gasteiger partial charge >= 0.3 is 11.9 Å². The average Bonchev–Trinajstić information content (AvgIpc) is 2.46. The molecule has 1 aliphatic carbocycles. The first-order chi connectivity index (χ1) is 9.63. The molecule has 0 aromatic heterocycles. The summed E-state index contributed by atoms with van der Waals surface area (Å²) in [5.74, 6) is -1.52. The predicted octanol–water partition coefficient (Wildman–Crippen LogP) is 3.93. The zero-order valence-corrected chi connectivity index (χ0v) is 12.7. The van der Waals surface area contributed by atoms with Crippen molar-refractivity contribution >= 4 is 11.9 Å². The van der Waals surface area contributed by atoms with Crippen LogP contribution in [0.1, 0.15) is 77.6 Å². The molecule has 4 nitrogen and oxygen atoms in total. The van der Waals surface area contributed by atoms with Gasteiger partial charge in [0.25, 0.3) is 0 Å². The van der Waals surface area contributed by atoms with E-state index in [1.807, 2.05) is 0 Å². The fourth-order valence-corrected chi connectivity index (χ4v) is 2.85. The van der Waals surface area contributed by atoms with Gasteiger partial charge in [-0.15, -0.1) is 0 Å². The molecule has 0 spiro atoms. The molecule has 1 fully saturated rings. The standard InChI is InChI=1S/C16H28O4/c1-2-3-4-5-6-10-13-20-15(19)16(14(17)18)11-8-7-9-12-16/h2-13H2,1H3,(H,17,18). The number of ether oxygens (including phenoxy) is 1. The van der Waals surface area contributed by atoms with Crippen molar-refractivity contribution < 1.29 is 19.4 Å².